The highest BCUT2D eigenvalue weighted by Gasteiger charge is 1.71. The fourth-order valence-corrected chi connectivity index (χ4v) is 0. The van der Waals surface area contributed by atoms with E-state index in [1.54, 1.807) is 0 Å². The van der Waals surface area contributed by atoms with Crippen LogP contribution in [0.1, 0.15) is 41.0 Å². The fraction of sp³-hybridized carbons (Fsp3) is 0.571. The zero-order valence-electron chi connectivity index (χ0n) is 15.4. The second-order valence-electron chi connectivity index (χ2n) is 3.57. The van der Waals surface area contributed by atoms with Crippen LogP contribution in [0.15, 0.2) is 12.3 Å². The summed E-state index contributed by atoms with van der Waals surface area (Å²) in [4.78, 5) is 36.0. The van der Waals surface area contributed by atoms with Gasteiger partial charge >= 0.3 is 0 Å². The molecule has 0 aliphatic carbocycles. The van der Waals surface area contributed by atoms with Crippen LogP contribution in [-0.4, -0.2) is 62.5 Å². The molecule has 9 N–H and O–H groups in total. The van der Waals surface area contributed by atoms with Gasteiger partial charge in [-0.2, -0.15) is 0 Å². The number of carbonyl (C=O) groups is 4. The van der Waals surface area contributed by atoms with Crippen LogP contribution in [0, 0.1) is 0 Å². The van der Waals surface area contributed by atoms with Gasteiger partial charge in [0.1, 0.15) is 0 Å². The molecule has 0 atom stereocenters. The van der Waals surface area contributed by atoms with Gasteiger partial charge in [0.15, 0.2) is 0 Å². The molecule has 0 bridgehead atoms. The third-order valence-electron chi connectivity index (χ3n) is 0.575. The molecule has 25 heavy (non-hydrogen) atoms. The zero-order valence-corrected chi connectivity index (χ0v) is 15.4. The highest BCUT2D eigenvalue weighted by Crippen LogP contribution is 1.84. The Hall–Kier alpha value is -2.66. The lowest BCUT2D eigenvalue weighted by Crippen LogP contribution is -2.11. The van der Waals surface area contributed by atoms with Crippen LogP contribution in [0.25, 0.3) is 0 Å². The van der Waals surface area contributed by atoms with Crippen molar-refractivity contribution in [3.63, 3.8) is 0 Å². The molecule has 0 aliphatic heterocycles. The van der Waals surface area contributed by atoms with Gasteiger partial charge in [0.05, 0.1) is 5.76 Å². The summed E-state index contributed by atoms with van der Waals surface area (Å²) in [5.41, 5.74) is 9.81. The SMILES string of the molecule is C=C(O)CC.CC(=O)O.CC(=O)O.CC(=O)O.CC(=O)O.NCCN. The summed E-state index contributed by atoms with van der Waals surface area (Å²) in [6, 6.07) is 0. The molecule has 0 heterocycles. The Bertz CT molecular complexity index is 279. The number of hydrogen-bond donors (Lipinski definition) is 7. The van der Waals surface area contributed by atoms with Gasteiger partial charge in [0, 0.05) is 47.2 Å². The maximum Gasteiger partial charge on any atom is 0.300 e. The summed E-state index contributed by atoms with van der Waals surface area (Å²) in [6.07, 6.45) is 0.667. The van der Waals surface area contributed by atoms with Crippen molar-refractivity contribution < 1.29 is 44.7 Å². The molecule has 0 fully saturated rings. The summed E-state index contributed by atoms with van der Waals surface area (Å²) < 4.78 is 0. The maximum absolute atomic E-state index is 9.00. The Kier molecular flexibility index (Phi) is 57.2. The molecule has 11 nitrogen and oxygen atoms in total. The Morgan fingerprint density at radius 1 is 0.680 bits per heavy atom. The van der Waals surface area contributed by atoms with Crippen LogP contribution in [0.3, 0.4) is 0 Å². The number of carboxylic acid groups (broad SMARTS) is 4. The number of aliphatic hydroxyl groups excluding tert-OH is 1. The summed E-state index contributed by atoms with van der Waals surface area (Å²) in [5.74, 6) is -3.08. The number of rotatable bonds is 2. The normalized spacial score (nSPS) is 6.68. The van der Waals surface area contributed by atoms with Crippen molar-refractivity contribution in [2.24, 2.45) is 11.5 Å². The number of aliphatic carboxylic acids is 4. The second kappa shape index (κ2) is 37.5. The number of carboxylic acids is 4. The summed E-state index contributed by atoms with van der Waals surface area (Å²) in [7, 11) is 0. The Balaban J connectivity index is -0.0000000434. The molecule has 0 saturated carbocycles. The van der Waals surface area contributed by atoms with Gasteiger partial charge in [-0.1, -0.05) is 13.5 Å². The van der Waals surface area contributed by atoms with E-state index in [1.807, 2.05) is 6.92 Å². The quantitative estimate of drug-likeness (QED) is 0.335. The van der Waals surface area contributed by atoms with Gasteiger partial charge in [-0.05, 0) is 0 Å². The van der Waals surface area contributed by atoms with Crippen molar-refractivity contribution in [3.8, 4) is 0 Å². The molecular weight excluding hydrogens is 340 g/mol. The Morgan fingerprint density at radius 2 is 0.760 bits per heavy atom. The molecule has 0 unspecified atom stereocenters. The van der Waals surface area contributed by atoms with Gasteiger partial charge < -0.3 is 37.0 Å². The Labute approximate surface area is 147 Å². The van der Waals surface area contributed by atoms with Gasteiger partial charge in [0.25, 0.3) is 23.9 Å². The van der Waals surface area contributed by atoms with Crippen LogP contribution < -0.4 is 11.5 Å². The number of hydrogen-bond acceptors (Lipinski definition) is 7. The van der Waals surface area contributed by atoms with Crippen molar-refractivity contribution in [3.05, 3.63) is 12.3 Å². The van der Waals surface area contributed by atoms with Gasteiger partial charge in [0.2, 0.25) is 0 Å². The van der Waals surface area contributed by atoms with E-state index in [2.05, 4.69) is 6.58 Å². The third-order valence-corrected chi connectivity index (χ3v) is 0.575. The van der Waals surface area contributed by atoms with E-state index in [-0.39, 0.29) is 5.76 Å². The number of allylic oxidation sites excluding steroid dienone is 1. The van der Waals surface area contributed by atoms with Crippen molar-refractivity contribution in [2.45, 2.75) is 41.0 Å². The van der Waals surface area contributed by atoms with E-state index in [9.17, 15) is 0 Å². The number of nitrogens with two attached hydrogens (primary N) is 2. The van der Waals surface area contributed by atoms with Crippen molar-refractivity contribution in [1.29, 1.82) is 0 Å². The van der Waals surface area contributed by atoms with Crippen molar-refractivity contribution >= 4 is 23.9 Å². The first-order valence-corrected chi connectivity index (χ1v) is 6.67. The van der Waals surface area contributed by atoms with E-state index in [4.69, 9.17) is 56.2 Å². The average Bonchev–Trinajstić information content (AvgIpc) is 2.36. The van der Waals surface area contributed by atoms with Crippen LogP contribution in [0.2, 0.25) is 0 Å². The fourth-order valence-electron chi connectivity index (χ4n) is 0. The smallest absolute Gasteiger partial charge is 0.300 e. The Morgan fingerprint density at radius 3 is 0.760 bits per heavy atom. The highest BCUT2D eigenvalue weighted by molar-refractivity contribution is 5.63. The van der Waals surface area contributed by atoms with Crippen LogP contribution in [0.5, 0.6) is 0 Å². The van der Waals surface area contributed by atoms with E-state index in [1.165, 1.54) is 0 Å². The first kappa shape index (κ1) is 38.1. The molecular formula is C14H32N2O9. The van der Waals surface area contributed by atoms with E-state index in [0.717, 1.165) is 27.7 Å². The molecule has 0 rings (SSSR count). The van der Waals surface area contributed by atoms with E-state index < -0.39 is 23.9 Å². The minimum atomic E-state index is -0.833. The number of aliphatic hydroxyl groups is 1. The molecule has 0 amide bonds. The predicted octanol–water partition coefficient (Wildman–Crippen LogP) is 0.736. The van der Waals surface area contributed by atoms with E-state index >= 15 is 0 Å². The lowest BCUT2D eigenvalue weighted by Gasteiger charge is -1.80. The van der Waals surface area contributed by atoms with Gasteiger partial charge in [-0.3, -0.25) is 19.2 Å². The summed E-state index contributed by atoms with van der Waals surface area (Å²) in [5, 5.41) is 37.8. The lowest BCUT2D eigenvalue weighted by molar-refractivity contribution is -0.135. The summed E-state index contributed by atoms with van der Waals surface area (Å²) >= 11 is 0. The van der Waals surface area contributed by atoms with Gasteiger partial charge in [-0.25, -0.2) is 0 Å². The van der Waals surface area contributed by atoms with Crippen molar-refractivity contribution in [1.82, 2.24) is 0 Å². The minimum Gasteiger partial charge on any atom is -0.513 e. The molecule has 11 heteroatoms. The van der Waals surface area contributed by atoms with Crippen LogP contribution in [0.4, 0.5) is 0 Å². The molecule has 0 aromatic rings. The largest absolute Gasteiger partial charge is 0.513 e. The maximum atomic E-state index is 9.00. The molecule has 0 spiro atoms. The predicted molar refractivity (Wildman–Crippen MR) is 93.4 cm³/mol. The molecule has 0 saturated heterocycles. The minimum absolute atomic E-state index is 0.255. The molecule has 0 aromatic heterocycles. The molecule has 152 valence electrons. The highest BCUT2D eigenvalue weighted by atomic mass is 16.4. The standard InChI is InChI=1S/C4H8O.C2H8N2.4C2H4O2/c1-3-4(2)5;3-1-2-4;4*1-2(3)4/h5H,2-3H2,1H3;1-4H2;4*1H3,(H,3,4). The van der Waals surface area contributed by atoms with Crippen LogP contribution in [-0.2, 0) is 19.2 Å². The lowest BCUT2D eigenvalue weighted by atomic mass is 10.4. The molecule has 0 aliphatic rings. The van der Waals surface area contributed by atoms with E-state index in [0.29, 0.717) is 19.5 Å². The van der Waals surface area contributed by atoms with Crippen molar-refractivity contribution in [2.75, 3.05) is 13.1 Å². The second-order valence-corrected chi connectivity index (χ2v) is 3.57. The molecule has 0 radical (unpaired) electrons. The first-order chi connectivity index (χ1) is 11.1. The first-order valence-electron chi connectivity index (χ1n) is 6.67. The summed E-state index contributed by atoms with van der Waals surface area (Å²) in [6.45, 7) is 10.6. The van der Waals surface area contributed by atoms with Gasteiger partial charge in [-0.15, -0.1) is 0 Å². The monoisotopic (exact) mass is 372 g/mol. The zero-order chi connectivity index (χ0) is 22.0. The topological polar surface area (TPSA) is 221 Å². The third kappa shape index (κ3) is 69000. The van der Waals surface area contributed by atoms with Crippen LogP contribution >= 0.6 is 0 Å². The average molecular weight is 372 g/mol. The molecule has 0 aromatic carbocycles.